The maximum Gasteiger partial charge on any atom is 0.573 e. The number of hydrogen-bond acceptors (Lipinski definition) is 4. The zero-order valence-electron chi connectivity index (χ0n) is 12.4. The van der Waals surface area contributed by atoms with Gasteiger partial charge in [-0.05, 0) is 23.3 Å². The van der Waals surface area contributed by atoms with E-state index in [0.29, 0.717) is 5.75 Å². The molecule has 0 aromatic heterocycles. The molecular weight excluding hydrogens is 339 g/mol. The number of alkyl halides is 3. The number of ether oxygens (including phenoxy) is 1. The lowest BCUT2D eigenvalue weighted by Crippen LogP contribution is -2.17. The summed E-state index contributed by atoms with van der Waals surface area (Å²) in [5.41, 5.74) is 7.42. The molecule has 0 aliphatic heterocycles. The highest BCUT2D eigenvalue weighted by Crippen LogP contribution is 2.23. The molecule has 4 nitrogen and oxygen atoms in total. The number of nitrogens with two attached hydrogens (primary N) is 1. The van der Waals surface area contributed by atoms with Gasteiger partial charge in [0.15, 0.2) is 5.17 Å². The third-order valence-corrected chi connectivity index (χ3v) is 3.56. The third-order valence-electron chi connectivity index (χ3n) is 2.71. The first kappa shape index (κ1) is 17.9. The second-order valence-corrected chi connectivity index (χ2v) is 5.57. The first-order valence-corrected chi connectivity index (χ1v) is 7.80. The fraction of sp³-hybridized carbons (Fsp3) is 0.125. The third kappa shape index (κ3) is 6.74. The second-order valence-electron chi connectivity index (χ2n) is 4.57. The number of halogens is 3. The van der Waals surface area contributed by atoms with Crippen LogP contribution >= 0.6 is 11.8 Å². The number of nitrogens with zero attached hydrogens (tertiary/aromatic N) is 2. The van der Waals surface area contributed by atoms with Gasteiger partial charge in [-0.15, -0.1) is 18.3 Å². The highest BCUT2D eigenvalue weighted by Gasteiger charge is 2.30. The molecule has 0 saturated carbocycles. The quantitative estimate of drug-likeness (QED) is 0.499. The van der Waals surface area contributed by atoms with Crippen molar-refractivity contribution in [2.24, 2.45) is 15.9 Å². The highest BCUT2D eigenvalue weighted by atomic mass is 32.2. The molecule has 126 valence electrons. The Kier molecular flexibility index (Phi) is 6.25. The van der Waals surface area contributed by atoms with Crippen LogP contribution < -0.4 is 10.5 Å². The SMILES string of the molecule is NC(=N/N=C/c1ccccc1)SCc1ccc(OC(F)(F)F)cc1. The molecule has 24 heavy (non-hydrogen) atoms. The van der Waals surface area contributed by atoms with Crippen molar-refractivity contribution in [1.82, 2.24) is 0 Å². The average Bonchev–Trinajstić information content (AvgIpc) is 2.54. The minimum absolute atomic E-state index is 0.259. The second kappa shape index (κ2) is 8.39. The Balaban J connectivity index is 1.84. The topological polar surface area (TPSA) is 60.0 Å². The number of benzene rings is 2. The van der Waals surface area contributed by atoms with Gasteiger partial charge in [0.2, 0.25) is 0 Å². The summed E-state index contributed by atoms with van der Waals surface area (Å²) >= 11 is 1.23. The largest absolute Gasteiger partial charge is 0.573 e. The van der Waals surface area contributed by atoms with Crippen LogP contribution in [0.5, 0.6) is 5.75 Å². The lowest BCUT2D eigenvalue weighted by Gasteiger charge is -2.09. The molecule has 2 aromatic carbocycles. The van der Waals surface area contributed by atoms with E-state index < -0.39 is 6.36 Å². The minimum Gasteiger partial charge on any atom is -0.406 e. The molecule has 2 aromatic rings. The lowest BCUT2D eigenvalue weighted by molar-refractivity contribution is -0.274. The zero-order valence-corrected chi connectivity index (χ0v) is 13.2. The van der Waals surface area contributed by atoms with E-state index in [4.69, 9.17) is 5.73 Å². The summed E-state index contributed by atoms with van der Waals surface area (Å²) in [4.78, 5) is 0. The molecular formula is C16H14F3N3OS. The molecule has 0 atom stereocenters. The molecule has 0 aliphatic rings. The van der Waals surface area contributed by atoms with Crippen LogP contribution in [0.3, 0.4) is 0 Å². The molecule has 0 bridgehead atoms. The van der Waals surface area contributed by atoms with Gasteiger partial charge in [0.05, 0.1) is 6.21 Å². The molecule has 0 fully saturated rings. The standard InChI is InChI=1S/C16H14F3N3OS/c17-16(18,19)23-14-8-6-13(7-9-14)11-24-15(20)22-21-10-12-4-2-1-3-5-12/h1-10H,11H2,(H2,20,22)/b21-10+. The minimum atomic E-state index is -4.69. The van der Waals surface area contributed by atoms with Gasteiger partial charge in [0.1, 0.15) is 5.75 Å². The fourth-order valence-electron chi connectivity index (χ4n) is 1.67. The predicted molar refractivity (Wildman–Crippen MR) is 90.1 cm³/mol. The Morgan fingerprint density at radius 1 is 1.08 bits per heavy atom. The van der Waals surface area contributed by atoms with Crippen molar-refractivity contribution in [3.05, 3.63) is 65.7 Å². The van der Waals surface area contributed by atoms with E-state index >= 15 is 0 Å². The maximum atomic E-state index is 12.1. The number of rotatable bonds is 5. The van der Waals surface area contributed by atoms with Crippen molar-refractivity contribution < 1.29 is 17.9 Å². The van der Waals surface area contributed by atoms with Crippen LogP contribution in [0.25, 0.3) is 0 Å². The number of hydrogen-bond donors (Lipinski definition) is 1. The summed E-state index contributed by atoms with van der Waals surface area (Å²) < 4.78 is 40.0. The normalized spacial score (nSPS) is 12.5. The molecule has 0 amide bonds. The van der Waals surface area contributed by atoms with Gasteiger partial charge in [-0.25, -0.2) is 0 Å². The van der Waals surface area contributed by atoms with Crippen molar-refractivity contribution in [2.45, 2.75) is 12.1 Å². The Bertz CT molecular complexity index is 701. The van der Waals surface area contributed by atoms with E-state index in [2.05, 4.69) is 14.9 Å². The van der Waals surface area contributed by atoms with Crippen LogP contribution in [-0.4, -0.2) is 17.7 Å². The van der Waals surface area contributed by atoms with Crippen molar-refractivity contribution >= 4 is 23.1 Å². The summed E-state index contributed by atoms with van der Waals surface area (Å²) in [6.45, 7) is 0. The van der Waals surface area contributed by atoms with E-state index in [9.17, 15) is 13.2 Å². The first-order chi connectivity index (χ1) is 11.4. The monoisotopic (exact) mass is 353 g/mol. The summed E-state index contributed by atoms with van der Waals surface area (Å²) in [5, 5.41) is 8.00. The first-order valence-electron chi connectivity index (χ1n) is 6.81. The number of thioether (sulfide) groups is 1. The predicted octanol–water partition coefficient (Wildman–Crippen LogP) is 4.17. The van der Waals surface area contributed by atoms with Gasteiger partial charge in [-0.1, -0.05) is 54.2 Å². The summed E-state index contributed by atoms with van der Waals surface area (Å²) in [6, 6.07) is 15.0. The molecule has 0 unspecified atom stereocenters. The van der Waals surface area contributed by atoms with Gasteiger partial charge in [0, 0.05) is 5.75 Å². The summed E-state index contributed by atoms with van der Waals surface area (Å²) in [6.07, 6.45) is -3.11. The van der Waals surface area contributed by atoms with E-state index in [1.54, 1.807) is 6.21 Å². The summed E-state index contributed by atoms with van der Waals surface area (Å²) in [5.74, 6) is 0.202. The number of amidine groups is 1. The van der Waals surface area contributed by atoms with E-state index in [-0.39, 0.29) is 10.9 Å². The van der Waals surface area contributed by atoms with Crippen LogP contribution in [-0.2, 0) is 5.75 Å². The van der Waals surface area contributed by atoms with Crippen molar-refractivity contribution in [1.29, 1.82) is 0 Å². The molecule has 0 spiro atoms. The van der Waals surface area contributed by atoms with Crippen LogP contribution in [0.4, 0.5) is 13.2 Å². The van der Waals surface area contributed by atoms with Gasteiger partial charge >= 0.3 is 6.36 Å². The molecule has 0 heterocycles. The van der Waals surface area contributed by atoms with Crippen LogP contribution in [0, 0.1) is 0 Å². The van der Waals surface area contributed by atoms with Crippen LogP contribution in [0.2, 0.25) is 0 Å². The Hall–Kier alpha value is -2.48. The van der Waals surface area contributed by atoms with Crippen molar-refractivity contribution in [3.8, 4) is 5.75 Å². The molecule has 0 aliphatic carbocycles. The van der Waals surface area contributed by atoms with E-state index in [0.717, 1.165) is 11.1 Å². The lowest BCUT2D eigenvalue weighted by atomic mass is 10.2. The van der Waals surface area contributed by atoms with E-state index in [1.165, 1.54) is 36.0 Å². The molecule has 2 N–H and O–H groups in total. The van der Waals surface area contributed by atoms with E-state index in [1.807, 2.05) is 30.3 Å². The maximum absolute atomic E-state index is 12.1. The van der Waals surface area contributed by atoms with Crippen molar-refractivity contribution in [3.63, 3.8) is 0 Å². The Labute approximate surface area is 141 Å². The average molecular weight is 353 g/mol. The van der Waals surface area contributed by atoms with Gasteiger partial charge < -0.3 is 10.5 Å². The Morgan fingerprint density at radius 3 is 2.38 bits per heavy atom. The van der Waals surface area contributed by atoms with Gasteiger partial charge in [0.25, 0.3) is 0 Å². The fourth-order valence-corrected chi connectivity index (χ4v) is 2.28. The van der Waals surface area contributed by atoms with Crippen LogP contribution in [0.1, 0.15) is 11.1 Å². The zero-order chi connectivity index (χ0) is 17.4. The highest BCUT2D eigenvalue weighted by molar-refractivity contribution is 8.13. The molecule has 2 rings (SSSR count). The Morgan fingerprint density at radius 2 is 1.75 bits per heavy atom. The smallest absolute Gasteiger partial charge is 0.406 e. The van der Waals surface area contributed by atoms with Gasteiger partial charge in [-0.3, -0.25) is 0 Å². The molecule has 8 heteroatoms. The molecule has 0 radical (unpaired) electrons. The molecule has 0 saturated heterocycles. The summed E-state index contributed by atoms with van der Waals surface area (Å²) in [7, 11) is 0. The van der Waals surface area contributed by atoms with Gasteiger partial charge in [-0.2, -0.15) is 5.10 Å². The van der Waals surface area contributed by atoms with Crippen molar-refractivity contribution in [2.75, 3.05) is 0 Å². The van der Waals surface area contributed by atoms with Crippen LogP contribution in [0.15, 0.2) is 64.8 Å².